The first-order chi connectivity index (χ1) is 22.3. The lowest BCUT2D eigenvalue weighted by molar-refractivity contribution is 0.669. The molecule has 0 unspecified atom stereocenters. The summed E-state index contributed by atoms with van der Waals surface area (Å²) in [5.74, 6) is 0. The van der Waals surface area contributed by atoms with Gasteiger partial charge in [0.2, 0.25) is 0 Å². The van der Waals surface area contributed by atoms with Crippen molar-refractivity contribution >= 4 is 65.6 Å². The quantitative estimate of drug-likeness (QED) is 0.206. The first-order valence-corrected chi connectivity index (χ1v) is 15.4. The van der Waals surface area contributed by atoms with Gasteiger partial charge < -0.3 is 13.6 Å². The molecular formula is C42H26N2O. The fourth-order valence-corrected chi connectivity index (χ4v) is 7.36. The zero-order valence-electron chi connectivity index (χ0n) is 24.3. The molecule has 0 saturated carbocycles. The molecule has 10 rings (SSSR count). The third-order valence-electron chi connectivity index (χ3n) is 9.32. The minimum atomic E-state index is 0.898. The van der Waals surface area contributed by atoms with Crippen LogP contribution in [-0.2, 0) is 0 Å². The number of aromatic nitrogens is 2. The fourth-order valence-electron chi connectivity index (χ4n) is 7.36. The van der Waals surface area contributed by atoms with Gasteiger partial charge in [-0.25, -0.2) is 0 Å². The molecule has 10 aromatic rings. The van der Waals surface area contributed by atoms with Gasteiger partial charge in [-0.05, 0) is 65.7 Å². The minimum Gasteiger partial charge on any atom is -0.456 e. The molecule has 0 aliphatic heterocycles. The highest BCUT2D eigenvalue weighted by molar-refractivity contribution is 6.15. The molecule has 0 amide bonds. The van der Waals surface area contributed by atoms with Gasteiger partial charge in [-0.1, -0.05) is 103 Å². The smallest absolute Gasteiger partial charge is 0.137 e. The number of para-hydroxylation sites is 4. The fraction of sp³-hybridized carbons (Fsp3) is 0. The third kappa shape index (κ3) is 3.46. The van der Waals surface area contributed by atoms with Crippen molar-refractivity contribution in [1.82, 2.24) is 9.13 Å². The molecule has 3 aromatic heterocycles. The van der Waals surface area contributed by atoms with Crippen molar-refractivity contribution in [3.8, 4) is 22.5 Å². The van der Waals surface area contributed by atoms with Crippen LogP contribution in [0.4, 0.5) is 0 Å². The van der Waals surface area contributed by atoms with E-state index in [4.69, 9.17) is 4.42 Å². The number of nitrogens with zero attached hydrogens (tertiary/aromatic N) is 2. The lowest BCUT2D eigenvalue weighted by Gasteiger charge is -2.11. The standard InChI is InChI=1S/C42H26N2O/c1-2-11-29(12-3-1)43-35-16-7-4-13-30(35)32-23-21-27(25-38(32)43)28-22-24-33-31-14-5-8-17-36(31)44(39(33)26-28)37-18-10-20-41-42(37)34-15-6-9-19-40(34)45-41/h1-26H. The van der Waals surface area contributed by atoms with Crippen molar-refractivity contribution in [3.05, 3.63) is 158 Å². The molecule has 0 atom stereocenters. The second-order valence-corrected chi connectivity index (χ2v) is 11.8. The highest BCUT2D eigenvalue weighted by atomic mass is 16.3. The van der Waals surface area contributed by atoms with Crippen LogP contribution in [0.15, 0.2) is 162 Å². The predicted molar refractivity (Wildman–Crippen MR) is 188 cm³/mol. The van der Waals surface area contributed by atoms with Crippen molar-refractivity contribution in [2.24, 2.45) is 0 Å². The molecular weight excluding hydrogens is 548 g/mol. The molecule has 210 valence electrons. The topological polar surface area (TPSA) is 23.0 Å². The first kappa shape index (κ1) is 24.4. The molecule has 0 N–H and O–H groups in total. The largest absolute Gasteiger partial charge is 0.456 e. The summed E-state index contributed by atoms with van der Waals surface area (Å²) in [7, 11) is 0. The van der Waals surface area contributed by atoms with Gasteiger partial charge in [0.25, 0.3) is 0 Å². The van der Waals surface area contributed by atoms with Crippen LogP contribution in [0.1, 0.15) is 0 Å². The van der Waals surface area contributed by atoms with Crippen LogP contribution in [0.2, 0.25) is 0 Å². The van der Waals surface area contributed by atoms with Crippen LogP contribution in [0.3, 0.4) is 0 Å². The van der Waals surface area contributed by atoms with Crippen molar-refractivity contribution in [2.45, 2.75) is 0 Å². The summed E-state index contributed by atoms with van der Waals surface area (Å²) in [6.07, 6.45) is 0. The number of hydrogen-bond acceptors (Lipinski definition) is 1. The van der Waals surface area contributed by atoms with E-state index in [0.29, 0.717) is 0 Å². The summed E-state index contributed by atoms with van der Waals surface area (Å²) in [5.41, 5.74) is 11.2. The van der Waals surface area contributed by atoms with Gasteiger partial charge in [0.05, 0.1) is 33.1 Å². The van der Waals surface area contributed by atoms with Crippen molar-refractivity contribution in [1.29, 1.82) is 0 Å². The first-order valence-electron chi connectivity index (χ1n) is 15.4. The van der Waals surface area contributed by atoms with Gasteiger partial charge in [-0.3, -0.25) is 0 Å². The minimum absolute atomic E-state index is 0.898. The van der Waals surface area contributed by atoms with Gasteiger partial charge in [0.1, 0.15) is 11.2 Å². The third-order valence-corrected chi connectivity index (χ3v) is 9.32. The van der Waals surface area contributed by atoms with E-state index in [0.717, 1.165) is 33.3 Å². The summed E-state index contributed by atoms with van der Waals surface area (Å²) in [5, 5.41) is 7.26. The van der Waals surface area contributed by atoms with Crippen LogP contribution in [0.25, 0.3) is 88.1 Å². The van der Waals surface area contributed by atoms with E-state index >= 15 is 0 Å². The molecule has 0 aliphatic rings. The van der Waals surface area contributed by atoms with Crippen molar-refractivity contribution < 1.29 is 4.42 Å². The highest BCUT2D eigenvalue weighted by Gasteiger charge is 2.19. The van der Waals surface area contributed by atoms with E-state index in [9.17, 15) is 0 Å². The van der Waals surface area contributed by atoms with Gasteiger partial charge in [0, 0.05) is 32.6 Å². The van der Waals surface area contributed by atoms with Crippen LogP contribution >= 0.6 is 0 Å². The van der Waals surface area contributed by atoms with E-state index in [1.165, 1.54) is 54.7 Å². The van der Waals surface area contributed by atoms with E-state index in [1.807, 2.05) is 12.1 Å². The van der Waals surface area contributed by atoms with E-state index < -0.39 is 0 Å². The Hall–Kier alpha value is -6.06. The Kier molecular flexibility index (Phi) is 5.00. The monoisotopic (exact) mass is 574 g/mol. The molecule has 3 heteroatoms. The number of furan rings is 1. The lowest BCUT2D eigenvalue weighted by Crippen LogP contribution is -1.95. The van der Waals surface area contributed by atoms with Crippen molar-refractivity contribution in [2.75, 3.05) is 0 Å². The number of hydrogen-bond donors (Lipinski definition) is 0. The summed E-state index contributed by atoms with van der Waals surface area (Å²) >= 11 is 0. The second kappa shape index (κ2) is 9.22. The molecule has 0 bridgehead atoms. The molecule has 3 nitrogen and oxygen atoms in total. The van der Waals surface area contributed by atoms with E-state index in [-0.39, 0.29) is 0 Å². The Morgan fingerprint density at radius 1 is 0.356 bits per heavy atom. The average molecular weight is 575 g/mol. The molecule has 0 fully saturated rings. The molecule has 45 heavy (non-hydrogen) atoms. The summed E-state index contributed by atoms with van der Waals surface area (Å²) in [4.78, 5) is 0. The highest BCUT2D eigenvalue weighted by Crippen LogP contribution is 2.40. The predicted octanol–water partition coefficient (Wildman–Crippen LogP) is 11.4. The molecule has 7 aromatic carbocycles. The SMILES string of the molecule is c1ccc(-n2c3ccccc3c3ccc(-c4ccc5c6ccccc6n(-c6cccc7oc8ccccc8c67)c5c4)cc32)cc1. The van der Waals surface area contributed by atoms with Crippen LogP contribution in [0, 0.1) is 0 Å². The summed E-state index contributed by atoms with van der Waals surface area (Å²) in [6.45, 7) is 0. The number of benzene rings is 7. The average Bonchev–Trinajstić information content (AvgIpc) is 3.76. The van der Waals surface area contributed by atoms with Crippen molar-refractivity contribution in [3.63, 3.8) is 0 Å². The Bertz CT molecular complexity index is 2760. The van der Waals surface area contributed by atoms with Crippen LogP contribution in [-0.4, -0.2) is 9.13 Å². The molecule has 0 spiro atoms. The number of rotatable bonds is 3. The van der Waals surface area contributed by atoms with Gasteiger partial charge in [-0.15, -0.1) is 0 Å². The lowest BCUT2D eigenvalue weighted by atomic mass is 10.0. The Morgan fingerprint density at radius 3 is 1.60 bits per heavy atom. The molecule has 3 heterocycles. The molecule has 0 aliphatic carbocycles. The molecule has 0 radical (unpaired) electrons. The summed E-state index contributed by atoms with van der Waals surface area (Å²) < 4.78 is 11.1. The maximum Gasteiger partial charge on any atom is 0.137 e. The second-order valence-electron chi connectivity index (χ2n) is 11.8. The van der Waals surface area contributed by atoms with Gasteiger partial charge in [-0.2, -0.15) is 0 Å². The Morgan fingerprint density at radius 2 is 0.889 bits per heavy atom. The number of fused-ring (bicyclic) bond motifs is 9. The Balaban J connectivity index is 1.26. The van der Waals surface area contributed by atoms with Gasteiger partial charge >= 0.3 is 0 Å². The maximum absolute atomic E-state index is 6.31. The maximum atomic E-state index is 6.31. The van der Waals surface area contributed by atoms with E-state index in [2.05, 4.69) is 155 Å². The van der Waals surface area contributed by atoms with Gasteiger partial charge in [0.15, 0.2) is 0 Å². The Labute approximate surface area is 258 Å². The zero-order chi connectivity index (χ0) is 29.5. The van der Waals surface area contributed by atoms with Crippen LogP contribution in [0.5, 0.6) is 0 Å². The van der Waals surface area contributed by atoms with Crippen LogP contribution < -0.4 is 0 Å². The normalized spacial score (nSPS) is 12.0. The zero-order valence-corrected chi connectivity index (χ0v) is 24.3. The molecule has 0 saturated heterocycles. The summed E-state index contributed by atoms with van der Waals surface area (Å²) in [6, 6.07) is 56.6. The van der Waals surface area contributed by atoms with E-state index in [1.54, 1.807) is 0 Å².